The van der Waals surface area contributed by atoms with Gasteiger partial charge >= 0.3 is 0 Å². The Morgan fingerprint density at radius 2 is 1.86 bits per heavy atom. The molecule has 3 rings (SSSR count). The Labute approximate surface area is 83.6 Å². The van der Waals surface area contributed by atoms with Gasteiger partial charge in [-0.3, -0.25) is 0 Å². The van der Waals surface area contributed by atoms with Crippen molar-refractivity contribution in [2.24, 2.45) is 0 Å². The Morgan fingerprint density at radius 1 is 1.07 bits per heavy atom. The summed E-state index contributed by atoms with van der Waals surface area (Å²) in [7, 11) is 0. The number of hydrogen-bond acceptors (Lipinski definition) is 0. The molecule has 0 N–H and O–H groups in total. The van der Waals surface area contributed by atoms with Crippen LogP contribution in [0, 0.1) is 0 Å². The quantitative estimate of drug-likeness (QED) is 0.572. The van der Waals surface area contributed by atoms with E-state index in [4.69, 9.17) is 0 Å². The SMILES string of the molecule is CC1=c2ccccc2=C2CC=CC=C12. The van der Waals surface area contributed by atoms with Gasteiger partial charge in [0.05, 0.1) is 0 Å². The zero-order chi connectivity index (χ0) is 9.54. The van der Waals surface area contributed by atoms with Gasteiger partial charge in [0.1, 0.15) is 0 Å². The number of hydrogen-bond donors (Lipinski definition) is 0. The molecule has 0 aromatic heterocycles. The summed E-state index contributed by atoms with van der Waals surface area (Å²) in [5.74, 6) is 0. The van der Waals surface area contributed by atoms with Gasteiger partial charge in [-0.2, -0.15) is 0 Å². The lowest BCUT2D eigenvalue weighted by Crippen LogP contribution is -2.22. The predicted octanol–water partition coefficient (Wildman–Crippen LogP) is 1.91. The molecule has 0 radical (unpaired) electrons. The van der Waals surface area contributed by atoms with Crippen molar-refractivity contribution >= 4 is 11.1 Å². The molecular formula is C14H12. The monoisotopic (exact) mass is 180 g/mol. The van der Waals surface area contributed by atoms with Gasteiger partial charge in [-0.1, -0.05) is 42.5 Å². The van der Waals surface area contributed by atoms with Crippen molar-refractivity contribution in [3.8, 4) is 0 Å². The first-order valence-electron chi connectivity index (χ1n) is 5.04. The molecule has 0 saturated heterocycles. The minimum absolute atomic E-state index is 1.08. The van der Waals surface area contributed by atoms with Gasteiger partial charge in [0.25, 0.3) is 0 Å². The van der Waals surface area contributed by atoms with Crippen LogP contribution in [-0.2, 0) is 0 Å². The fourth-order valence-electron chi connectivity index (χ4n) is 2.39. The molecule has 0 saturated carbocycles. The summed E-state index contributed by atoms with van der Waals surface area (Å²) in [5, 5.41) is 2.85. The van der Waals surface area contributed by atoms with E-state index in [2.05, 4.69) is 49.4 Å². The van der Waals surface area contributed by atoms with Crippen molar-refractivity contribution in [2.45, 2.75) is 13.3 Å². The van der Waals surface area contributed by atoms with E-state index in [0.717, 1.165) is 6.42 Å². The molecule has 2 aliphatic rings. The second-order valence-electron chi connectivity index (χ2n) is 3.86. The molecule has 2 aliphatic carbocycles. The van der Waals surface area contributed by atoms with Gasteiger partial charge < -0.3 is 0 Å². The highest BCUT2D eigenvalue weighted by molar-refractivity contribution is 5.90. The minimum Gasteiger partial charge on any atom is -0.0801 e. The number of allylic oxidation sites excluding steroid dienone is 4. The highest BCUT2D eigenvalue weighted by atomic mass is 14.2. The molecule has 68 valence electrons. The molecule has 1 aromatic carbocycles. The molecule has 0 bridgehead atoms. The van der Waals surface area contributed by atoms with Crippen LogP contribution in [0.25, 0.3) is 11.1 Å². The Hall–Kier alpha value is -1.56. The van der Waals surface area contributed by atoms with Gasteiger partial charge in [0.2, 0.25) is 0 Å². The third-order valence-electron chi connectivity index (χ3n) is 3.11. The lowest BCUT2D eigenvalue weighted by Gasteiger charge is -2.08. The van der Waals surface area contributed by atoms with E-state index >= 15 is 0 Å². The van der Waals surface area contributed by atoms with Crippen LogP contribution in [0.5, 0.6) is 0 Å². The van der Waals surface area contributed by atoms with Crippen molar-refractivity contribution in [3.63, 3.8) is 0 Å². The fourth-order valence-corrected chi connectivity index (χ4v) is 2.39. The molecule has 0 spiro atoms. The lowest BCUT2D eigenvalue weighted by atomic mass is 9.96. The average molecular weight is 180 g/mol. The van der Waals surface area contributed by atoms with E-state index in [-0.39, 0.29) is 0 Å². The highest BCUT2D eigenvalue weighted by Gasteiger charge is 2.15. The first-order valence-corrected chi connectivity index (χ1v) is 5.04. The van der Waals surface area contributed by atoms with Crippen molar-refractivity contribution < 1.29 is 0 Å². The molecule has 0 atom stereocenters. The van der Waals surface area contributed by atoms with Crippen molar-refractivity contribution in [3.05, 3.63) is 58.5 Å². The summed E-state index contributed by atoms with van der Waals surface area (Å²) >= 11 is 0. The molecule has 0 unspecified atom stereocenters. The average Bonchev–Trinajstić information content (AvgIpc) is 2.55. The van der Waals surface area contributed by atoms with Crippen LogP contribution in [-0.4, -0.2) is 0 Å². The van der Waals surface area contributed by atoms with Crippen LogP contribution in [0.1, 0.15) is 13.3 Å². The van der Waals surface area contributed by atoms with Gasteiger partial charge in [-0.25, -0.2) is 0 Å². The molecule has 0 heteroatoms. The maximum atomic E-state index is 2.23. The second-order valence-corrected chi connectivity index (χ2v) is 3.86. The van der Waals surface area contributed by atoms with Gasteiger partial charge in [-0.05, 0) is 40.5 Å². The summed E-state index contributed by atoms with van der Waals surface area (Å²) in [6.07, 6.45) is 7.71. The summed E-state index contributed by atoms with van der Waals surface area (Å²) in [6, 6.07) is 8.69. The Kier molecular flexibility index (Phi) is 1.51. The predicted molar refractivity (Wildman–Crippen MR) is 60.0 cm³/mol. The third-order valence-corrected chi connectivity index (χ3v) is 3.11. The van der Waals surface area contributed by atoms with Crippen molar-refractivity contribution in [1.82, 2.24) is 0 Å². The van der Waals surface area contributed by atoms with Gasteiger partial charge in [0.15, 0.2) is 0 Å². The van der Waals surface area contributed by atoms with Gasteiger partial charge in [-0.15, -0.1) is 0 Å². The Balaban J connectivity index is 2.51. The zero-order valence-electron chi connectivity index (χ0n) is 8.25. The van der Waals surface area contributed by atoms with E-state index in [1.165, 1.54) is 27.2 Å². The van der Waals surface area contributed by atoms with Crippen LogP contribution in [0.4, 0.5) is 0 Å². The second kappa shape index (κ2) is 2.71. The number of fused-ring (bicyclic) bond motifs is 2. The Morgan fingerprint density at radius 3 is 2.71 bits per heavy atom. The van der Waals surface area contributed by atoms with E-state index in [1.807, 2.05) is 0 Å². The molecule has 1 aromatic rings. The highest BCUT2D eigenvalue weighted by Crippen LogP contribution is 2.28. The first kappa shape index (κ1) is 7.81. The molecule has 0 nitrogen and oxygen atoms in total. The summed E-state index contributed by atoms with van der Waals surface area (Å²) < 4.78 is 0. The van der Waals surface area contributed by atoms with Crippen LogP contribution < -0.4 is 10.4 Å². The zero-order valence-corrected chi connectivity index (χ0v) is 8.25. The molecule has 0 fully saturated rings. The van der Waals surface area contributed by atoms with E-state index in [9.17, 15) is 0 Å². The van der Waals surface area contributed by atoms with E-state index in [1.54, 1.807) is 0 Å². The normalized spacial score (nSPS) is 17.9. The molecule has 0 heterocycles. The van der Waals surface area contributed by atoms with Crippen LogP contribution in [0.2, 0.25) is 0 Å². The van der Waals surface area contributed by atoms with Crippen molar-refractivity contribution in [2.75, 3.05) is 0 Å². The summed E-state index contributed by atoms with van der Waals surface area (Å²) in [4.78, 5) is 0. The van der Waals surface area contributed by atoms with E-state index in [0.29, 0.717) is 0 Å². The maximum Gasteiger partial charge on any atom is -0.00821 e. The topological polar surface area (TPSA) is 0 Å². The summed E-state index contributed by atoms with van der Waals surface area (Å²) in [5.41, 5.74) is 4.37. The van der Waals surface area contributed by atoms with Crippen LogP contribution in [0.3, 0.4) is 0 Å². The van der Waals surface area contributed by atoms with E-state index < -0.39 is 0 Å². The third kappa shape index (κ3) is 0.884. The number of rotatable bonds is 0. The standard InChI is InChI=1S/C14H12/c1-10-11-6-2-4-8-13(11)14-9-5-3-7-12(10)14/h2-8H,9H2,1H3. The fraction of sp³-hybridized carbons (Fsp3) is 0.143. The summed E-state index contributed by atoms with van der Waals surface area (Å²) in [6.45, 7) is 2.22. The molecule has 0 aliphatic heterocycles. The smallest absolute Gasteiger partial charge is 0.00821 e. The molecule has 0 amide bonds. The largest absolute Gasteiger partial charge is 0.0801 e. The van der Waals surface area contributed by atoms with Crippen LogP contribution >= 0.6 is 0 Å². The van der Waals surface area contributed by atoms with Crippen LogP contribution in [0.15, 0.2) is 48.1 Å². The first-order chi connectivity index (χ1) is 6.88. The molecular weight excluding hydrogens is 168 g/mol. The maximum absolute atomic E-state index is 2.23. The minimum atomic E-state index is 1.08. The lowest BCUT2D eigenvalue weighted by molar-refractivity contribution is 1.35. The van der Waals surface area contributed by atoms with Crippen molar-refractivity contribution in [1.29, 1.82) is 0 Å². The molecule has 14 heavy (non-hydrogen) atoms. The Bertz CT molecular complexity index is 568. The number of benzene rings is 1. The van der Waals surface area contributed by atoms with Gasteiger partial charge in [0, 0.05) is 0 Å².